The maximum absolute atomic E-state index is 14.8. The van der Waals surface area contributed by atoms with Gasteiger partial charge in [0.1, 0.15) is 17.5 Å². The zero-order valence-corrected chi connectivity index (χ0v) is 19.8. The number of hydrogen-bond acceptors (Lipinski definition) is 3. The molecule has 0 aromatic heterocycles. The molecule has 2 aromatic rings. The molecule has 1 saturated carbocycles. The number of piperazine rings is 1. The summed E-state index contributed by atoms with van der Waals surface area (Å²) in [5, 5.41) is 0. The summed E-state index contributed by atoms with van der Waals surface area (Å²) in [5.74, 6) is -2.02. The van der Waals surface area contributed by atoms with Crippen LogP contribution in [-0.2, 0) is 4.79 Å². The number of amides is 1. The van der Waals surface area contributed by atoms with Crippen LogP contribution >= 0.6 is 0 Å². The van der Waals surface area contributed by atoms with Crippen LogP contribution in [0.1, 0.15) is 44.6 Å². The molecule has 2 aliphatic heterocycles. The van der Waals surface area contributed by atoms with E-state index in [9.17, 15) is 18.0 Å². The average Bonchev–Trinajstić information content (AvgIpc) is 3.17. The van der Waals surface area contributed by atoms with E-state index in [1.165, 1.54) is 30.7 Å². The molecular formula is C27H32F3N3O. The van der Waals surface area contributed by atoms with Gasteiger partial charge in [-0.15, -0.1) is 0 Å². The third-order valence-corrected chi connectivity index (χ3v) is 7.97. The van der Waals surface area contributed by atoms with E-state index in [2.05, 4.69) is 23.6 Å². The van der Waals surface area contributed by atoms with Gasteiger partial charge in [-0.25, -0.2) is 13.2 Å². The minimum Gasteiger partial charge on any atom is -0.363 e. The molecule has 1 amide bonds. The second-order valence-electron chi connectivity index (χ2n) is 10.2. The highest BCUT2D eigenvalue weighted by molar-refractivity contribution is 5.81. The molecule has 5 rings (SSSR count). The van der Waals surface area contributed by atoms with Crippen molar-refractivity contribution >= 4 is 11.6 Å². The van der Waals surface area contributed by atoms with Gasteiger partial charge in [-0.05, 0) is 62.6 Å². The molecule has 4 nitrogen and oxygen atoms in total. The van der Waals surface area contributed by atoms with E-state index in [4.69, 9.17) is 0 Å². The van der Waals surface area contributed by atoms with Gasteiger partial charge < -0.3 is 9.80 Å². The fourth-order valence-electron chi connectivity index (χ4n) is 6.11. The van der Waals surface area contributed by atoms with Crippen molar-refractivity contribution in [3.8, 4) is 0 Å². The monoisotopic (exact) mass is 471 g/mol. The van der Waals surface area contributed by atoms with Crippen molar-refractivity contribution in [3.63, 3.8) is 0 Å². The number of nitrogens with zero attached hydrogens (tertiary/aromatic N) is 3. The minimum absolute atomic E-state index is 0.0491. The molecule has 2 heterocycles. The van der Waals surface area contributed by atoms with E-state index in [0.717, 1.165) is 24.6 Å². The number of halogens is 3. The molecule has 4 atom stereocenters. The molecule has 3 fully saturated rings. The molecule has 34 heavy (non-hydrogen) atoms. The zero-order chi connectivity index (χ0) is 24.0. The van der Waals surface area contributed by atoms with E-state index < -0.39 is 11.6 Å². The average molecular weight is 472 g/mol. The molecule has 2 unspecified atom stereocenters. The Morgan fingerprint density at radius 2 is 1.50 bits per heavy atom. The lowest BCUT2D eigenvalue weighted by molar-refractivity contribution is -0.137. The van der Waals surface area contributed by atoms with Crippen molar-refractivity contribution in [3.05, 3.63) is 65.5 Å². The van der Waals surface area contributed by atoms with E-state index in [1.807, 2.05) is 4.90 Å². The van der Waals surface area contributed by atoms with E-state index >= 15 is 0 Å². The zero-order valence-electron chi connectivity index (χ0n) is 19.8. The molecule has 0 bridgehead atoms. The number of carbonyl (C=O) groups excluding carboxylic acids is 1. The van der Waals surface area contributed by atoms with Crippen LogP contribution in [-0.4, -0.2) is 60.0 Å². The number of likely N-dealkylation sites (tertiary alicyclic amines) is 1. The van der Waals surface area contributed by atoms with Crippen molar-refractivity contribution in [2.24, 2.45) is 5.92 Å². The largest absolute Gasteiger partial charge is 0.363 e. The standard InChI is InChI=1S/C27H32F3N3O/c1-17-13-32(14-18(2)33(17)22-9-6-19(28)7-10-22)27(34)25-16-31(21-4-3-5-21)15-24(25)23-11-8-20(29)12-26(23)30/h6-12,17-18,21,24-25H,3-5,13-16H2,1-2H3/t17-,18+,24?,25?. The summed E-state index contributed by atoms with van der Waals surface area (Å²) in [6.07, 6.45) is 3.42. The Labute approximate surface area is 199 Å². The highest BCUT2D eigenvalue weighted by atomic mass is 19.1. The number of benzene rings is 2. The summed E-state index contributed by atoms with van der Waals surface area (Å²) in [7, 11) is 0. The van der Waals surface area contributed by atoms with Gasteiger partial charge in [0.25, 0.3) is 0 Å². The lowest BCUT2D eigenvalue weighted by Gasteiger charge is -2.46. The molecule has 0 spiro atoms. The van der Waals surface area contributed by atoms with Gasteiger partial charge in [-0.2, -0.15) is 0 Å². The Balaban J connectivity index is 1.36. The van der Waals surface area contributed by atoms with Crippen molar-refractivity contribution in [2.75, 3.05) is 31.1 Å². The van der Waals surface area contributed by atoms with Gasteiger partial charge in [0.2, 0.25) is 5.91 Å². The van der Waals surface area contributed by atoms with E-state index in [1.54, 1.807) is 12.1 Å². The molecule has 182 valence electrons. The van der Waals surface area contributed by atoms with Gasteiger partial charge in [-0.1, -0.05) is 12.5 Å². The van der Waals surface area contributed by atoms with Gasteiger partial charge in [-0.3, -0.25) is 9.69 Å². The van der Waals surface area contributed by atoms with Crippen molar-refractivity contribution in [1.29, 1.82) is 0 Å². The first kappa shape index (κ1) is 23.2. The Kier molecular flexibility index (Phi) is 6.32. The number of anilines is 1. The summed E-state index contributed by atoms with van der Waals surface area (Å²) in [6, 6.07) is 10.8. The molecule has 3 aliphatic rings. The summed E-state index contributed by atoms with van der Waals surface area (Å²) in [5.41, 5.74) is 1.38. The molecule has 1 aliphatic carbocycles. The molecular weight excluding hydrogens is 439 g/mol. The molecule has 0 radical (unpaired) electrons. The first-order valence-electron chi connectivity index (χ1n) is 12.3. The fraction of sp³-hybridized carbons (Fsp3) is 0.519. The number of carbonyl (C=O) groups is 1. The third-order valence-electron chi connectivity index (χ3n) is 7.97. The lowest BCUT2D eigenvalue weighted by atomic mass is 9.87. The molecule has 2 saturated heterocycles. The minimum atomic E-state index is -0.600. The van der Waals surface area contributed by atoms with Gasteiger partial charge in [0.15, 0.2) is 0 Å². The topological polar surface area (TPSA) is 26.8 Å². The number of rotatable bonds is 4. The summed E-state index contributed by atoms with van der Waals surface area (Å²) >= 11 is 0. The highest BCUT2D eigenvalue weighted by Gasteiger charge is 2.45. The van der Waals surface area contributed by atoms with Crippen molar-refractivity contribution in [2.45, 2.75) is 57.2 Å². The van der Waals surface area contributed by atoms with Crippen LogP contribution in [0.2, 0.25) is 0 Å². The normalized spacial score (nSPS) is 28.3. The second kappa shape index (κ2) is 9.25. The van der Waals surface area contributed by atoms with Crippen LogP contribution < -0.4 is 4.90 Å². The van der Waals surface area contributed by atoms with E-state index in [-0.39, 0.29) is 35.6 Å². The first-order valence-corrected chi connectivity index (χ1v) is 12.3. The summed E-state index contributed by atoms with van der Waals surface area (Å²) < 4.78 is 41.8. The first-order chi connectivity index (χ1) is 16.3. The predicted octanol–water partition coefficient (Wildman–Crippen LogP) is 4.80. The Morgan fingerprint density at radius 1 is 0.853 bits per heavy atom. The molecule has 0 N–H and O–H groups in total. The lowest BCUT2D eigenvalue weighted by Crippen LogP contribution is -2.59. The Morgan fingerprint density at radius 3 is 2.09 bits per heavy atom. The molecule has 7 heteroatoms. The number of hydrogen-bond donors (Lipinski definition) is 0. The maximum Gasteiger partial charge on any atom is 0.227 e. The summed E-state index contributed by atoms with van der Waals surface area (Å²) in [4.78, 5) is 20.3. The highest BCUT2D eigenvalue weighted by Crippen LogP contribution is 2.40. The van der Waals surface area contributed by atoms with E-state index in [0.29, 0.717) is 37.8 Å². The van der Waals surface area contributed by atoms with Crippen LogP contribution in [0.15, 0.2) is 42.5 Å². The predicted molar refractivity (Wildman–Crippen MR) is 126 cm³/mol. The third kappa shape index (κ3) is 4.30. The van der Waals surface area contributed by atoms with Gasteiger partial charge in [0, 0.05) is 62.0 Å². The SMILES string of the molecule is C[C@@H]1CN(C(=O)C2CN(C3CCC3)CC2c2ccc(F)cc2F)C[C@H](C)N1c1ccc(F)cc1. The molecule has 2 aromatic carbocycles. The summed E-state index contributed by atoms with van der Waals surface area (Å²) in [6.45, 7) is 6.51. The van der Waals surface area contributed by atoms with Crippen LogP contribution in [0.4, 0.5) is 18.9 Å². The van der Waals surface area contributed by atoms with Crippen LogP contribution in [0.5, 0.6) is 0 Å². The van der Waals surface area contributed by atoms with Crippen molar-refractivity contribution in [1.82, 2.24) is 9.80 Å². The maximum atomic E-state index is 14.8. The van der Waals surface area contributed by atoms with Crippen molar-refractivity contribution < 1.29 is 18.0 Å². The Bertz CT molecular complexity index is 1030. The second-order valence-corrected chi connectivity index (χ2v) is 10.2. The Hall–Kier alpha value is -2.54. The quantitative estimate of drug-likeness (QED) is 0.641. The van der Waals surface area contributed by atoms with Gasteiger partial charge in [0.05, 0.1) is 5.92 Å². The van der Waals surface area contributed by atoms with Crippen LogP contribution in [0, 0.1) is 23.4 Å². The fourth-order valence-corrected chi connectivity index (χ4v) is 6.11. The van der Waals surface area contributed by atoms with Crippen LogP contribution in [0.25, 0.3) is 0 Å². The van der Waals surface area contributed by atoms with Crippen LogP contribution in [0.3, 0.4) is 0 Å². The smallest absolute Gasteiger partial charge is 0.227 e. The van der Waals surface area contributed by atoms with Gasteiger partial charge >= 0.3 is 0 Å².